The summed E-state index contributed by atoms with van der Waals surface area (Å²) in [6.45, 7) is 1.94. The molecule has 2 aromatic carbocycles. The molecule has 4 rings (SSSR count). The Hall–Kier alpha value is -3.02. The summed E-state index contributed by atoms with van der Waals surface area (Å²) in [5.41, 5.74) is 2.82. The Labute approximate surface area is 170 Å². The number of benzene rings is 2. The second kappa shape index (κ2) is 7.54. The van der Waals surface area contributed by atoms with E-state index in [0.717, 1.165) is 32.7 Å². The summed E-state index contributed by atoms with van der Waals surface area (Å²) in [5.74, 6) is 0.262. The van der Waals surface area contributed by atoms with Gasteiger partial charge in [0.25, 0.3) is 5.91 Å². The van der Waals surface area contributed by atoms with Crippen LogP contribution >= 0.6 is 22.9 Å². The van der Waals surface area contributed by atoms with Crippen LogP contribution < -0.4 is 5.32 Å². The van der Waals surface area contributed by atoms with Crippen molar-refractivity contribution in [3.63, 3.8) is 0 Å². The summed E-state index contributed by atoms with van der Waals surface area (Å²) >= 11 is 7.21. The van der Waals surface area contributed by atoms with Crippen molar-refractivity contribution in [2.75, 3.05) is 0 Å². The van der Waals surface area contributed by atoms with Crippen LogP contribution in [-0.4, -0.2) is 11.0 Å². The van der Waals surface area contributed by atoms with Gasteiger partial charge in [-0.25, -0.2) is 0 Å². The molecule has 0 unspecified atom stereocenters. The Morgan fingerprint density at radius 2 is 1.96 bits per heavy atom. The third-order valence-electron chi connectivity index (χ3n) is 4.40. The van der Waals surface area contributed by atoms with E-state index in [-0.39, 0.29) is 10.6 Å². The molecule has 0 spiro atoms. The van der Waals surface area contributed by atoms with Crippen LogP contribution in [0.4, 0.5) is 0 Å². The van der Waals surface area contributed by atoms with Crippen LogP contribution in [0.25, 0.3) is 15.7 Å². The van der Waals surface area contributed by atoms with Gasteiger partial charge in [-0.15, -0.1) is 0 Å². The van der Waals surface area contributed by atoms with Gasteiger partial charge in [-0.3, -0.25) is 4.79 Å². The average Bonchev–Trinajstić information content (AvgIpc) is 3.25. The molecule has 6 heteroatoms. The van der Waals surface area contributed by atoms with Gasteiger partial charge in [0.1, 0.15) is 11.3 Å². The number of fused-ring (bicyclic) bond motifs is 1. The standard InChI is InChI=1S/C22H16ClNO3S/c1-13-9-10-27-20(13)17(14-5-3-2-4-6-14)12-24-21(25)19-16-11-15(23)7-8-18(16)28-22(19)26/h2-12,26H,1H3,(H,24,25)/b17-12+. The molecule has 0 radical (unpaired) electrons. The summed E-state index contributed by atoms with van der Waals surface area (Å²) in [5, 5.41) is 14.2. The number of halogens is 1. The molecule has 2 N–H and O–H groups in total. The van der Waals surface area contributed by atoms with Crippen LogP contribution in [0.3, 0.4) is 0 Å². The fraction of sp³-hybridized carbons (Fsp3) is 0.0455. The fourth-order valence-corrected chi connectivity index (χ4v) is 4.12. The fourth-order valence-electron chi connectivity index (χ4n) is 3.03. The number of thiophene rings is 1. The van der Waals surface area contributed by atoms with Gasteiger partial charge < -0.3 is 14.8 Å². The van der Waals surface area contributed by atoms with Crippen molar-refractivity contribution in [2.24, 2.45) is 0 Å². The van der Waals surface area contributed by atoms with E-state index < -0.39 is 5.91 Å². The maximum absolute atomic E-state index is 12.9. The molecule has 0 aliphatic heterocycles. The second-order valence-corrected chi connectivity index (χ2v) is 7.72. The number of rotatable bonds is 4. The van der Waals surface area contributed by atoms with Crippen molar-refractivity contribution in [1.82, 2.24) is 5.32 Å². The predicted molar refractivity (Wildman–Crippen MR) is 113 cm³/mol. The third kappa shape index (κ3) is 3.42. The number of nitrogens with one attached hydrogen (secondary N) is 1. The summed E-state index contributed by atoms with van der Waals surface area (Å²) in [6.07, 6.45) is 3.22. The number of aromatic hydroxyl groups is 1. The molecule has 0 atom stereocenters. The van der Waals surface area contributed by atoms with E-state index in [1.807, 2.05) is 43.3 Å². The van der Waals surface area contributed by atoms with Crippen molar-refractivity contribution >= 4 is 44.5 Å². The molecule has 28 heavy (non-hydrogen) atoms. The van der Waals surface area contributed by atoms with Gasteiger partial charge in [-0.2, -0.15) is 0 Å². The molecular weight excluding hydrogens is 394 g/mol. The highest BCUT2D eigenvalue weighted by atomic mass is 35.5. The van der Waals surface area contributed by atoms with Crippen molar-refractivity contribution in [3.05, 3.63) is 94.5 Å². The molecule has 140 valence electrons. The van der Waals surface area contributed by atoms with Gasteiger partial charge in [0.05, 0.1) is 6.26 Å². The van der Waals surface area contributed by atoms with Crippen molar-refractivity contribution in [3.8, 4) is 5.06 Å². The lowest BCUT2D eigenvalue weighted by molar-refractivity contribution is 0.0970. The number of amides is 1. The molecule has 2 heterocycles. The molecule has 0 bridgehead atoms. The highest BCUT2D eigenvalue weighted by Crippen LogP contribution is 2.38. The van der Waals surface area contributed by atoms with Crippen LogP contribution in [-0.2, 0) is 0 Å². The molecule has 0 fully saturated rings. The molecular formula is C22H16ClNO3S. The topological polar surface area (TPSA) is 62.5 Å². The molecule has 0 aliphatic rings. The van der Waals surface area contributed by atoms with Gasteiger partial charge in [0.2, 0.25) is 0 Å². The summed E-state index contributed by atoms with van der Waals surface area (Å²) in [6, 6.07) is 16.7. The lowest BCUT2D eigenvalue weighted by atomic mass is 10.0. The summed E-state index contributed by atoms with van der Waals surface area (Å²) in [4.78, 5) is 12.9. The highest BCUT2D eigenvalue weighted by molar-refractivity contribution is 7.21. The molecule has 1 amide bonds. The summed E-state index contributed by atoms with van der Waals surface area (Å²) in [7, 11) is 0. The quantitative estimate of drug-likeness (QED) is 0.435. The molecule has 4 aromatic rings. The molecule has 0 aliphatic carbocycles. The van der Waals surface area contributed by atoms with Gasteiger partial charge in [-0.1, -0.05) is 53.3 Å². The normalized spacial score (nSPS) is 11.7. The van der Waals surface area contributed by atoms with Crippen molar-refractivity contribution < 1.29 is 14.3 Å². The first-order chi connectivity index (χ1) is 13.5. The second-order valence-electron chi connectivity index (χ2n) is 6.25. The van der Waals surface area contributed by atoms with Crippen molar-refractivity contribution in [2.45, 2.75) is 6.92 Å². The van der Waals surface area contributed by atoms with Gasteiger partial charge in [0, 0.05) is 26.9 Å². The van der Waals surface area contributed by atoms with Gasteiger partial charge in [0.15, 0.2) is 5.06 Å². The first kappa shape index (κ1) is 18.3. The largest absolute Gasteiger partial charge is 0.499 e. The Morgan fingerprint density at radius 3 is 2.68 bits per heavy atom. The van der Waals surface area contributed by atoms with E-state index in [1.165, 1.54) is 0 Å². The highest BCUT2D eigenvalue weighted by Gasteiger charge is 2.19. The molecule has 0 saturated carbocycles. The maximum atomic E-state index is 12.9. The van der Waals surface area contributed by atoms with E-state index in [2.05, 4.69) is 5.32 Å². The number of aryl methyl sites for hydroxylation is 1. The van der Waals surface area contributed by atoms with E-state index >= 15 is 0 Å². The van der Waals surface area contributed by atoms with E-state index in [0.29, 0.717) is 16.2 Å². The van der Waals surface area contributed by atoms with Crippen LogP contribution in [0.5, 0.6) is 5.06 Å². The molecule has 2 aromatic heterocycles. The van der Waals surface area contributed by atoms with E-state index in [9.17, 15) is 9.90 Å². The smallest absolute Gasteiger partial charge is 0.260 e. The number of carbonyl (C=O) groups excluding carboxylic acids is 1. The van der Waals surface area contributed by atoms with E-state index in [1.54, 1.807) is 30.7 Å². The predicted octanol–water partition coefficient (Wildman–Crippen LogP) is 5.98. The third-order valence-corrected chi connectivity index (χ3v) is 5.61. The van der Waals surface area contributed by atoms with Crippen LogP contribution in [0.2, 0.25) is 5.02 Å². The van der Waals surface area contributed by atoms with E-state index in [4.69, 9.17) is 16.0 Å². The number of carbonyl (C=O) groups is 1. The first-order valence-electron chi connectivity index (χ1n) is 8.56. The van der Waals surface area contributed by atoms with Crippen molar-refractivity contribution in [1.29, 1.82) is 0 Å². The zero-order valence-electron chi connectivity index (χ0n) is 14.9. The number of hydrogen-bond donors (Lipinski definition) is 2. The zero-order chi connectivity index (χ0) is 19.7. The Balaban J connectivity index is 1.74. The van der Waals surface area contributed by atoms with Crippen LogP contribution in [0.15, 0.2) is 71.5 Å². The first-order valence-corrected chi connectivity index (χ1v) is 9.76. The minimum Gasteiger partial charge on any atom is -0.499 e. The minimum atomic E-state index is -0.413. The lowest BCUT2D eigenvalue weighted by Crippen LogP contribution is -2.17. The Morgan fingerprint density at radius 1 is 1.18 bits per heavy atom. The maximum Gasteiger partial charge on any atom is 0.260 e. The number of hydrogen-bond acceptors (Lipinski definition) is 4. The SMILES string of the molecule is Cc1ccoc1/C(=C/NC(=O)c1c(O)sc2ccc(Cl)cc12)c1ccccc1. The monoisotopic (exact) mass is 409 g/mol. The zero-order valence-corrected chi connectivity index (χ0v) is 16.5. The molecule has 4 nitrogen and oxygen atoms in total. The lowest BCUT2D eigenvalue weighted by Gasteiger charge is -2.08. The van der Waals surface area contributed by atoms with Crippen LogP contribution in [0.1, 0.15) is 27.2 Å². The Kier molecular flexibility index (Phi) is 4.94. The van der Waals surface area contributed by atoms with Gasteiger partial charge >= 0.3 is 0 Å². The summed E-state index contributed by atoms with van der Waals surface area (Å²) < 4.78 is 6.42. The van der Waals surface area contributed by atoms with Gasteiger partial charge in [-0.05, 0) is 42.3 Å². The van der Waals surface area contributed by atoms with Crippen LogP contribution in [0, 0.1) is 6.92 Å². The molecule has 0 saturated heterocycles. The Bertz CT molecular complexity index is 1190. The minimum absolute atomic E-state index is 0.0430. The number of furan rings is 1. The average molecular weight is 410 g/mol.